The molecule has 2 aromatic carbocycles. The Hall–Kier alpha value is -2.27. The maximum atomic E-state index is 12.4. The number of anilines is 1. The second-order valence-electron chi connectivity index (χ2n) is 5.08. The predicted octanol–water partition coefficient (Wildman–Crippen LogP) is 4.86. The number of carbonyl (C=O) groups excluding carboxylic acids is 1. The van der Waals surface area contributed by atoms with E-state index in [-0.39, 0.29) is 5.97 Å². The zero-order valence-corrected chi connectivity index (χ0v) is 15.5. The van der Waals surface area contributed by atoms with E-state index in [1.54, 1.807) is 14.0 Å². The summed E-state index contributed by atoms with van der Waals surface area (Å²) in [6.45, 7) is 3.97. The Morgan fingerprint density at radius 1 is 1.17 bits per heavy atom. The molecular weight excluding hydrogens is 370 g/mol. The fourth-order valence-electron chi connectivity index (χ4n) is 2.29. The highest BCUT2D eigenvalue weighted by atomic mass is 79.9. The second-order valence-corrected chi connectivity index (χ2v) is 6.00. The number of hydrogen-bond acceptors (Lipinski definition) is 4. The van der Waals surface area contributed by atoms with Crippen LogP contribution in [0.5, 0.6) is 5.75 Å². The molecule has 0 atom stereocenters. The lowest BCUT2D eigenvalue weighted by atomic mass is 10.0. The van der Waals surface area contributed by atoms with Crippen molar-refractivity contribution >= 4 is 33.2 Å². The van der Waals surface area contributed by atoms with Gasteiger partial charge in [0.1, 0.15) is 5.75 Å². The summed E-state index contributed by atoms with van der Waals surface area (Å²) < 4.78 is 11.4. The molecule has 0 heterocycles. The van der Waals surface area contributed by atoms with Crippen molar-refractivity contribution in [1.29, 1.82) is 0 Å². The summed E-state index contributed by atoms with van der Waals surface area (Å²) >= 11 is 3.41. The summed E-state index contributed by atoms with van der Waals surface area (Å²) in [5.41, 5.74) is 2.85. The molecular formula is C19H20BrNO3. The van der Waals surface area contributed by atoms with Gasteiger partial charge in [-0.3, -0.25) is 0 Å². The van der Waals surface area contributed by atoms with Crippen molar-refractivity contribution in [2.45, 2.75) is 13.8 Å². The third kappa shape index (κ3) is 4.61. The summed E-state index contributed by atoms with van der Waals surface area (Å²) in [7, 11) is 1.62. The average molecular weight is 390 g/mol. The largest absolute Gasteiger partial charge is 0.497 e. The van der Waals surface area contributed by atoms with Crippen LogP contribution >= 0.6 is 15.9 Å². The quantitative estimate of drug-likeness (QED) is 0.565. The topological polar surface area (TPSA) is 47.6 Å². The molecule has 0 amide bonds. The van der Waals surface area contributed by atoms with E-state index in [2.05, 4.69) is 21.2 Å². The average Bonchev–Trinajstić information content (AvgIpc) is 2.57. The Morgan fingerprint density at radius 2 is 1.88 bits per heavy atom. The van der Waals surface area contributed by atoms with Crippen molar-refractivity contribution < 1.29 is 14.3 Å². The Bertz CT molecular complexity index is 739. The Labute approximate surface area is 150 Å². The van der Waals surface area contributed by atoms with Crippen LogP contribution in [0.2, 0.25) is 0 Å². The summed E-state index contributed by atoms with van der Waals surface area (Å²) in [5.74, 6) is 0.391. The third-order valence-corrected chi connectivity index (χ3v) is 3.92. The number of esters is 1. The number of hydrogen-bond donors (Lipinski definition) is 1. The van der Waals surface area contributed by atoms with Gasteiger partial charge in [0.05, 0.1) is 19.3 Å². The van der Waals surface area contributed by atoms with Gasteiger partial charge in [0.25, 0.3) is 0 Å². The van der Waals surface area contributed by atoms with Gasteiger partial charge in [-0.2, -0.15) is 0 Å². The molecule has 0 aliphatic rings. The maximum absolute atomic E-state index is 12.4. The van der Waals surface area contributed by atoms with Gasteiger partial charge in [0.2, 0.25) is 0 Å². The van der Waals surface area contributed by atoms with E-state index in [1.807, 2.05) is 55.5 Å². The van der Waals surface area contributed by atoms with Crippen molar-refractivity contribution in [3.8, 4) is 5.75 Å². The molecule has 2 rings (SSSR count). The minimum atomic E-state index is -0.354. The highest BCUT2D eigenvalue weighted by Gasteiger charge is 2.17. The summed E-state index contributed by atoms with van der Waals surface area (Å²) in [6.07, 6.45) is 0. The van der Waals surface area contributed by atoms with Crippen LogP contribution in [-0.4, -0.2) is 19.7 Å². The van der Waals surface area contributed by atoms with E-state index in [1.165, 1.54) is 0 Å². The predicted molar refractivity (Wildman–Crippen MR) is 100.0 cm³/mol. The molecule has 0 unspecified atom stereocenters. The molecule has 0 saturated heterocycles. The number of carbonyl (C=O) groups is 1. The molecule has 0 aromatic heterocycles. The van der Waals surface area contributed by atoms with Gasteiger partial charge < -0.3 is 14.8 Å². The van der Waals surface area contributed by atoms with Gasteiger partial charge in [-0.1, -0.05) is 34.1 Å². The van der Waals surface area contributed by atoms with E-state index in [0.717, 1.165) is 21.5 Å². The fourth-order valence-corrected chi connectivity index (χ4v) is 2.55. The molecule has 5 heteroatoms. The van der Waals surface area contributed by atoms with Gasteiger partial charge >= 0.3 is 5.97 Å². The first-order valence-electron chi connectivity index (χ1n) is 7.60. The number of methoxy groups -OCH3 is 1. The molecule has 0 aliphatic carbocycles. The van der Waals surface area contributed by atoms with Crippen molar-refractivity contribution in [1.82, 2.24) is 0 Å². The molecule has 126 valence electrons. The fraction of sp³-hybridized carbons (Fsp3) is 0.211. The number of allylic oxidation sites excluding steroid dienone is 1. The Morgan fingerprint density at radius 3 is 2.50 bits per heavy atom. The summed E-state index contributed by atoms with van der Waals surface area (Å²) in [6, 6.07) is 15.1. The van der Waals surface area contributed by atoms with E-state index in [4.69, 9.17) is 9.47 Å². The van der Waals surface area contributed by atoms with E-state index >= 15 is 0 Å². The second kappa shape index (κ2) is 8.55. The standard InChI is InChI=1S/C19H20BrNO3/c1-4-24-19(22)18(14-8-10-15(20)11-9-14)13(2)21-16-6-5-7-17(12-16)23-3/h5-12,21H,4H2,1-3H3/b18-13-. The molecule has 0 aliphatic heterocycles. The molecule has 2 aromatic rings. The maximum Gasteiger partial charge on any atom is 0.340 e. The Kier molecular flexibility index (Phi) is 6.44. The molecule has 4 nitrogen and oxygen atoms in total. The van der Waals surface area contributed by atoms with E-state index in [0.29, 0.717) is 17.9 Å². The van der Waals surface area contributed by atoms with Crippen LogP contribution in [0, 0.1) is 0 Å². The van der Waals surface area contributed by atoms with Gasteiger partial charge in [-0.05, 0) is 43.7 Å². The lowest BCUT2D eigenvalue weighted by molar-refractivity contribution is -0.136. The normalized spacial score (nSPS) is 11.5. The zero-order chi connectivity index (χ0) is 17.5. The zero-order valence-electron chi connectivity index (χ0n) is 13.9. The van der Waals surface area contributed by atoms with Crippen molar-refractivity contribution in [2.24, 2.45) is 0 Å². The first-order valence-corrected chi connectivity index (χ1v) is 8.39. The highest BCUT2D eigenvalue weighted by molar-refractivity contribution is 9.10. The third-order valence-electron chi connectivity index (χ3n) is 3.39. The van der Waals surface area contributed by atoms with E-state index in [9.17, 15) is 4.79 Å². The molecule has 0 bridgehead atoms. The van der Waals surface area contributed by atoms with Crippen molar-refractivity contribution in [2.75, 3.05) is 19.0 Å². The minimum Gasteiger partial charge on any atom is -0.497 e. The number of rotatable bonds is 6. The molecule has 0 saturated carbocycles. The van der Waals surface area contributed by atoms with Crippen LogP contribution in [0.1, 0.15) is 19.4 Å². The monoisotopic (exact) mass is 389 g/mol. The number of ether oxygens (including phenoxy) is 2. The molecule has 1 N–H and O–H groups in total. The van der Waals surface area contributed by atoms with Gasteiger partial charge in [-0.25, -0.2) is 4.79 Å². The molecule has 0 radical (unpaired) electrons. The van der Waals surface area contributed by atoms with Gasteiger partial charge in [0.15, 0.2) is 0 Å². The highest BCUT2D eigenvalue weighted by Crippen LogP contribution is 2.25. The smallest absolute Gasteiger partial charge is 0.340 e. The number of nitrogens with one attached hydrogen (secondary N) is 1. The minimum absolute atomic E-state index is 0.325. The Balaban J connectivity index is 2.40. The van der Waals surface area contributed by atoms with E-state index < -0.39 is 0 Å². The van der Waals surface area contributed by atoms with Crippen molar-refractivity contribution in [3.63, 3.8) is 0 Å². The first kappa shape index (κ1) is 18.1. The van der Waals surface area contributed by atoms with Crippen LogP contribution < -0.4 is 10.1 Å². The van der Waals surface area contributed by atoms with Crippen LogP contribution in [0.15, 0.2) is 58.7 Å². The van der Waals surface area contributed by atoms with Crippen LogP contribution in [0.3, 0.4) is 0 Å². The van der Waals surface area contributed by atoms with Crippen LogP contribution in [-0.2, 0) is 9.53 Å². The first-order chi connectivity index (χ1) is 11.5. The molecule has 24 heavy (non-hydrogen) atoms. The number of halogens is 1. The molecule has 0 spiro atoms. The van der Waals surface area contributed by atoms with Crippen LogP contribution in [0.25, 0.3) is 5.57 Å². The summed E-state index contributed by atoms with van der Waals surface area (Å²) in [4.78, 5) is 12.4. The molecule has 0 fully saturated rings. The van der Waals surface area contributed by atoms with Gasteiger partial charge in [-0.15, -0.1) is 0 Å². The van der Waals surface area contributed by atoms with Gasteiger partial charge in [0, 0.05) is 21.9 Å². The van der Waals surface area contributed by atoms with Crippen LogP contribution in [0.4, 0.5) is 5.69 Å². The number of benzene rings is 2. The SMILES string of the molecule is CCOC(=O)/C(=C(/C)Nc1cccc(OC)c1)c1ccc(Br)cc1. The summed E-state index contributed by atoms with van der Waals surface area (Å²) in [5, 5.41) is 3.26. The lowest BCUT2D eigenvalue weighted by Gasteiger charge is -2.14. The van der Waals surface area contributed by atoms with Crippen molar-refractivity contribution in [3.05, 3.63) is 64.3 Å². The lowest BCUT2D eigenvalue weighted by Crippen LogP contribution is -2.12.